The van der Waals surface area contributed by atoms with Crippen LogP contribution in [0.3, 0.4) is 0 Å². The predicted molar refractivity (Wildman–Crippen MR) is 184 cm³/mol. The summed E-state index contributed by atoms with van der Waals surface area (Å²) in [4.78, 5) is 7.19. The molecule has 0 unspecified atom stereocenters. The Morgan fingerprint density at radius 3 is 1.95 bits per heavy atom. The minimum absolute atomic E-state index is 0.636. The van der Waals surface area contributed by atoms with Crippen LogP contribution in [0.4, 0.5) is 17.2 Å². The van der Waals surface area contributed by atoms with Crippen LogP contribution in [0.5, 0.6) is 0 Å². The molecule has 0 bridgehead atoms. The standard InChI is InChI=1S/C41H26N2O/c1-2-11-30(12-3-1)43(39-25-24-36-34-15-8-9-17-38(34)44-41(36)42-39)31-22-20-28(21-23-31)37-26-29-19-18-27-10-4-5-13-32(27)40(29)35-16-7-6-14-33(35)37/h1-26H. The van der Waals surface area contributed by atoms with E-state index in [-0.39, 0.29) is 0 Å². The zero-order valence-electron chi connectivity index (χ0n) is 23.8. The Labute approximate surface area is 254 Å². The van der Waals surface area contributed by atoms with Crippen molar-refractivity contribution in [3.05, 3.63) is 158 Å². The van der Waals surface area contributed by atoms with Gasteiger partial charge in [0.05, 0.1) is 0 Å². The molecule has 0 spiro atoms. The molecule has 0 saturated heterocycles. The molecule has 0 fully saturated rings. The normalized spacial score (nSPS) is 11.6. The number of para-hydroxylation sites is 2. The van der Waals surface area contributed by atoms with E-state index in [0.717, 1.165) is 33.5 Å². The Hall–Kier alpha value is -5.93. The lowest BCUT2D eigenvalue weighted by molar-refractivity contribution is 0.654. The lowest BCUT2D eigenvalue weighted by Crippen LogP contribution is -2.11. The van der Waals surface area contributed by atoms with Crippen molar-refractivity contribution in [2.45, 2.75) is 0 Å². The summed E-state index contributed by atoms with van der Waals surface area (Å²) in [5.41, 5.74) is 5.94. The molecule has 0 atom stereocenters. The Bertz CT molecular complexity index is 2490. The van der Waals surface area contributed by atoms with E-state index in [4.69, 9.17) is 9.40 Å². The Morgan fingerprint density at radius 1 is 0.455 bits per heavy atom. The molecule has 3 nitrogen and oxygen atoms in total. The molecule has 0 aliphatic carbocycles. The summed E-state index contributed by atoms with van der Waals surface area (Å²) < 4.78 is 6.16. The highest BCUT2D eigenvalue weighted by molar-refractivity contribution is 6.23. The van der Waals surface area contributed by atoms with Crippen LogP contribution in [-0.4, -0.2) is 4.98 Å². The molecule has 0 radical (unpaired) electrons. The number of anilines is 3. The van der Waals surface area contributed by atoms with Gasteiger partial charge in [-0.3, -0.25) is 4.90 Å². The van der Waals surface area contributed by atoms with E-state index in [2.05, 4.69) is 138 Å². The maximum absolute atomic E-state index is 6.16. The zero-order valence-corrected chi connectivity index (χ0v) is 23.8. The monoisotopic (exact) mass is 562 g/mol. The fraction of sp³-hybridized carbons (Fsp3) is 0. The van der Waals surface area contributed by atoms with Crippen molar-refractivity contribution in [3.8, 4) is 11.1 Å². The molecule has 9 rings (SSSR count). The van der Waals surface area contributed by atoms with Gasteiger partial charge in [0.15, 0.2) is 0 Å². The minimum atomic E-state index is 0.636. The van der Waals surface area contributed by atoms with E-state index in [1.807, 2.05) is 24.3 Å². The molecular weight excluding hydrogens is 536 g/mol. The lowest BCUT2D eigenvalue weighted by atomic mass is 9.91. The predicted octanol–water partition coefficient (Wildman–Crippen LogP) is 11.6. The van der Waals surface area contributed by atoms with Gasteiger partial charge in [0.25, 0.3) is 0 Å². The van der Waals surface area contributed by atoms with Gasteiger partial charge in [-0.25, -0.2) is 0 Å². The maximum atomic E-state index is 6.16. The smallest absolute Gasteiger partial charge is 0.229 e. The fourth-order valence-electron chi connectivity index (χ4n) is 6.62. The van der Waals surface area contributed by atoms with E-state index < -0.39 is 0 Å². The molecule has 7 aromatic carbocycles. The summed E-state index contributed by atoms with van der Waals surface area (Å²) in [7, 11) is 0. The van der Waals surface area contributed by atoms with Gasteiger partial charge < -0.3 is 4.42 Å². The zero-order chi connectivity index (χ0) is 29.0. The van der Waals surface area contributed by atoms with Crippen molar-refractivity contribution in [3.63, 3.8) is 0 Å². The molecule has 0 aliphatic rings. The van der Waals surface area contributed by atoms with Crippen LogP contribution < -0.4 is 4.90 Å². The number of aromatic nitrogens is 1. The third-order valence-electron chi connectivity index (χ3n) is 8.66. The summed E-state index contributed by atoms with van der Waals surface area (Å²) in [6, 6.07) is 55.7. The largest absolute Gasteiger partial charge is 0.438 e. The first-order valence-electron chi connectivity index (χ1n) is 14.9. The van der Waals surface area contributed by atoms with E-state index in [9.17, 15) is 0 Å². The summed E-state index contributed by atoms with van der Waals surface area (Å²) in [6.07, 6.45) is 0. The molecule has 9 aromatic rings. The second-order valence-electron chi connectivity index (χ2n) is 11.2. The first kappa shape index (κ1) is 24.6. The van der Waals surface area contributed by atoms with Gasteiger partial charge in [0, 0.05) is 22.1 Å². The fourth-order valence-corrected chi connectivity index (χ4v) is 6.62. The van der Waals surface area contributed by atoms with Gasteiger partial charge >= 0.3 is 0 Å². The second-order valence-corrected chi connectivity index (χ2v) is 11.2. The van der Waals surface area contributed by atoms with Crippen LogP contribution in [0.1, 0.15) is 0 Å². The molecule has 206 valence electrons. The van der Waals surface area contributed by atoms with Crippen molar-refractivity contribution in [1.82, 2.24) is 4.98 Å². The van der Waals surface area contributed by atoms with Crippen LogP contribution in [0, 0.1) is 0 Å². The summed E-state index contributed by atoms with van der Waals surface area (Å²) in [5.74, 6) is 0.804. The van der Waals surface area contributed by atoms with Gasteiger partial charge in [-0.2, -0.15) is 4.98 Å². The topological polar surface area (TPSA) is 29.3 Å². The van der Waals surface area contributed by atoms with Crippen molar-refractivity contribution in [1.29, 1.82) is 0 Å². The molecule has 3 heteroatoms. The number of pyridine rings is 1. The molecule has 0 amide bonds. The molecular formula is C41H26N2O. The molecule has 2 heterocycles. The number of hydrogen-bond acceptors (Lipinski definition) is 3. The SMILES string of the molecule is c1ccc(N(c2ccc(-c3cc4ccc5ccccc5c4c4ccccc34)cc2)c2ccc3c(n2)oc2ccccc23)cc1. The molecule has 2 aromatic heterocycles. The van der Waals surface area contributed by atoms with Crippen LogP contribution in [-0.2, 0) is 0 Å². The Kier molecular flexibility index (Phi) is 5.50. The maximum Gasteiger partial charge on any atom is 0.229 e. The number of furan rings is 1. The van der Waals surface area contributed by atoms with Crippen LogP contribution >= 0.6 is 0 Å². The summed E-state index contributed by atoms with van der Waals surface area (Å²) >= 11 is 0. The van der Waals surface area contributed by atoms with Crippen LogP contribution in [0.2, 0.25) is 0 Å². The second kappa shape index (κ2) is 9.82. The van der Waals surface area contributed by atoms with Crippen LogP contribution in [0.15, 0.2) is 162 Å². The van der Waals surface area contributed by atoms with E-state index >= 15 is 0 Å². The number of hydrogen-bond donors (Lipinski definition) is 0. The first-order valence-corrected chi connectivity index (χ1v) is 14.9. The summed E-state index contributed by atoms with van der Waals surface area (Å²) in [6.45, 7) is 0. The average molecular weight is 563 g/mol. The number of nitrogens with zero attached hydrogens (tertiary/aromatic N) is 2. The third kappa shape index (κ3) is 3.87. The van der Waals surface area contributed by atoms with Crippen molar-refractivity contribution in [2.24, 2.45) is 0 Å². The molecule has 0 aliphatic heterocycles. The van der Waals surface area contributed by atoms with Crippen molar-refractivity contribution < 1.29 is 4.42 Å². The minimum Gasteiger partial charge on any atom is -0.438 e. The van der Waals surface area contributed by atoms with Gasteiger partial charge in [0.1, 0.15) is 11.4 Å². The first-order chi connectivity index (χ1) is 21.8. The molecule has 44 heavy (non-hydrogen) atoms. The van der Waals surface area contributed by atoms with E-state index in [1.165, 1.54) is 43.4 Å². The Morgan fingerprint density at radius 2 is 1.11 bits per heavy atom. The number of benzene rings is 7. The van der Waals surface area contributed by atoms with Crippen molar-refractivity contribution in [2.75, 3.05) is 4.90 Å². The van der Waals surface area contributed by atoms with Gasteiger partial charge in [-0.05, 0) is 92.0 Å². The van der Waals surface area contributed by atoms with Crippen LogP contribution in [0.25, 0.3) is 65.5 Å². The van der Waals surface area contributed by atoms with Gasteiger partial charge in [-0.15, -0.1) is 0 Å². The molecule has 0 saturated carbocycles. The highest BCUT2D eigenvalue weighted by Gasteiger charge is 2.17. The number of fused-ring (bicyclic) bond motifs is 8. The highest BCUT2D eigenvalue weighted by atomic mass is 16.3. The lowest BCUT2D eigenvalue weighted by Gasteiger charge is -2.24. The average Bonchev–Trinajstić information content (AvgIpc) is 3.47. The summed E-state index contributed by atoms with van der Waals surface area (Å²) in [5, 5.41) is 9.72. The highest BCUT2D eigenvalue weighted by Crippen LogP contribution is 2.40. The third-order valence-corrected chi connectivity index (χ3v) is 8.66. The van der Waals surface area contributed by atoms with E-state index in [0.29, 0.717) is 5.71 Å². The van der Waals surface area contributed by atoms with Gasteiger partial charge in [0.2, 0.25) is 5.71 Å². The van der Waals surface area contributed by atoms with E-state index in [1.54, 1.807) is 0 Å². The number of rotatable bonds is 4. The quantitative estimate of drug-likeness (QED) is 0.200. The van der Waals surface area contributed by atoms with Crippen molar-refractivity contribution >= 4 is 71.6 Å². The molecule has 0 N–H and O–H groups in total. The Balaban J connectivity index is 1.19. The van der Waals surface area contributed by atoms with Gasteiger partial charge in [-0.1, -0.05) is 109 Å².